The van der Waals surface area contributed by atoms with Crippen LogP contribution in [0.25, 0.3) is 0 Å². The molecule has 0 atom stereocenters. The zero-order valence-corrected chi connectivity index (χ0v) is 14.4. The van der Waals surface area contributed by atoms with Crippen LogP contribution in [0.2, 0.25) is 10.0 Å². The van der Waals surface area contributed by atoms with Gasteiger partial charge in [0.05, 0.1) is 0 Å². The number of hydrogen-bond donors (Lipinski definition) is 1. The van der Waals surface area contributed by atoms with Gasteiger partial charge in [0.25, 0.3) is 0 Å². The van der Waals surface area contributed by atoms with Gasteiger partial charge in [-0.25, -0.2) is 0 Å². The highest BCUT2D eigenvalue weighted by molar-refractivity contribution is 6.30. The molecule has 0 aromatic heterocycles. The van der Waals surface area contributed by atoms with E-state index in [1.54, 1.807) is 0 Å². The Morgan fingerprint density at radius 3 is 1.70 bits per heavy atom. The molecule has 2 N–H and O–H groups in total. The highest BCUT2D eigenvalue weighted by Crippen LogP contribution is 2.16. The van der Waals surface area contributed by atoms with Gasteiger partial charge in [-0.1, -0.05) is 47.5 Å². The van der Waals surface area contributed by atoms with E-state index in [4.69, 9.17) is 28.9 Å². The second-order valence-electron chi connectivity index (χ2n) is 5.53. The van der Waals surface area contributed by atoms with Crippen LogP contribution in [0.1, 0.15) is 24.0 Å². The third-order valence-corrected chi connectivity index (χ3v) is 4.04. The molecule has 0 aliphatic carbocycles. The van der Waals surface area contributed by atoms with E-state index in [0.717, 1.165) is 36.1 Å². The maximum atomic E-state index is 10.9. The van der Waals surface area contributed by atoms with Crippen molar-refractivity contribution >= 4 is 29.1 Å². The number of halogens is 2. The molecule has 0 saturated heterocycles. The maximum Gasteiger partial charge on any atom is 0.217 e. The van der Waals surface area contributed by atoms with Crippen molar-refractivity contribution in [2.75, 3.05) is 6.54 Å². The van der Waals surface area contributed by atoms with Gasteiger partial charge < -0.3 is 5.73 Å². The van der Waals surface area contributed by atoms with Crippen molar-refractivity contribution in [3.8, 4) is 0 Å². The Morgan fingerprint density at radius 2 is 1.30 bits per heavy atom. The van der Waals surface area contributed by atoms with Gasteiger partial charge in [0, 0.05) is 29.6 Å². The molecule has 0 saturated carbocycles. The summed E-state index contributed by atoms with van der Waals surface area (Å²) in [5.74, 6) is -0.261. The molecule has 0 spiro atoms. The van der Waals surface area contributed by atoms with Crippen LogP contribution in [0.4, 0.5) is 0 Å². The molecule has 0 fully saturated rings. The normalized spacial score (nSPS) is 10.9. The largest absolute Gasteiger partial charge is 0.370 e. The molecular formula is C18H20Cl2N2O. The predicted molar refractivity (Wildman–Crippen MR) is 95.4 cm³/mol. The van der Waals surface area contributed by atoms with Gasteiger partial charge in [0.2, 0.25) is 5.91 Å². The molecule has 1 amide bonds. The van der Waals surface area contributed by atoms with Crippen molar-refractivity contribution in [1.82, 2.24) is 4.90 Å². The lowest BCUT2D eigenvalue weighted by Gasteiger charge is -2.22. The number of nitrogens with zero attached hydrogens (tertiary/aromatic N) is 1. The van der Waals surface area contributed by atoms with Crippen LogP contribution >= 0.6 is 23.2 Å². The molecule has 0 aliphatic rings. The molecule has 0 bridgehead atoms. The van der Waals surface area contributed by atoms with Crippen LogP contribution in [-0.4, -0.2) is 17.4 Å². The molecule has 0 heterocycles. The van der Waals surface area contributed by atoms with E-state index in [9.17, 15) is 4.79 Å². The van der Waals surface area contributed by atoms with E-state index in [1.165, 1.54) is 11.1 Å². The molecule has 5 heteroatoms. The molecule has 0 unspecified atom stereocenters. The average Bonchev–Trinajstić information content (AvgIpc) is 2.51. The van der Waals surface area contributed by atoms with Crippen LogP contribution < -0.4 is 5.73 Å². The van der Waals surface area contributed by atoms with E-state index in [-0.39, 0.29) is 5.91 Å². The van der Waals surface area contributed by atoms with Crippen molar-refractivity contribution < 1.29 is 4.79 Å². The van der Waals surface area contributed by atoms with Crippen molar-refractivity contribution in [3.63, 3.8) is 0 Å². The van der Waals surface area contributed by atoms with Crippen LogP contribution in [0.3, 0.4) is 0 Å². The fourth-order valence-corrected chi connectivity index (χ4v) is 2.64. The molecule has 3 nitrogen and oxygen atoms in total. The summed E-state index contributed by atoms with van der Waals surface area (Å²) in [6.07, 6.45) is 1.15. The quantitative estimate of drug-likeness (QED) is 0.772. The minimum absolute atomic E-state index is 0.261. The molecule has 23 heavy (non-hydrogen) atoms. The number of amides is 1. The zero-order chi connectivity index (χ0) is 16.7. The van der Waals surface area contributed by atoms with Gasteiger partial charge >= 0.3 is 0 Å². The van der Waals surface area contributed by atoms with Crippen molar-refractivity contribution in [3.05, 3.63) is 69.7 Å². The highest BCUT2D eigenvalue weighted by Gasteiger charge is 2.08. The van der Waals surface area contributed by atoms with Crippen molar-refractivity contribution in [2.24, 2.45) is 5.73 Å². The predicted octanol–water partition coefficient (Wildman–Crippen LogP) is 4.26. The first-order chi connectivity index (χ1) is 11.0. The Bertz CT molecular complexity index is 579. The number of benzene rings is 2. The standard InChI is InChI=1S/C18H20Cl2N2O/c19-16-7-3-14(4-8-16)12-22(11-1-2-18(21)23)13-15-5-9-17(20)10-6-15/h3-10H,1-2,11-13H2,(H2,21,23). The molecule has 0 aliphatic heterocycles. The third-order valence-electron chi connectivity index (χ3n) is 3.54. The third kappa shape index (κ3) is 6.61. The minimum Gasteiger partial charge on any atom is -0.370 e. The number of primary amides is 1. The molecule has 0 radical (unpaired) electrons. The van der Waals surface area contributed by atoms with Gasteiger partial charge in [0.1, 0.15) is 0 Å². The van der Waals surface area contributed by atoms with Crippen LogP contribution in [-0.2, 0) is 17.9 Å². The molecular weight excluding hydrogens is 331 g/mol. The lowest BCUT2D eigenvalue weighted by Crippen LogP contribution is -2.25. The summed E-state index contributed by atoms with van der Waals surface area (Å²) >= 11 is 11.9. The first-order valence-electron chi connectivity index (χ1n) is 7.52. The van der Waals surface area contributed by atoms with E-state index in [1.807, 2.05) is 48.5 Å². The number of rotatable bonds is 8. The number of hydrogen-bond acceptors (Lipinski definition) is 2. The van der Waals surface area contributed by atoms with Crippen molar-refractivity contribution in [2.45, 2.75) is 25.9 Å². The summed E-state index contributed by atoms with van der Waals surface area (Å²) in [5.41, 5.74) is 7.60. The Labute approximate surface area is 147 Å². The first-order valence-corrected chi connectivity index (χ1v) is 8.28. The SMILES string of the molecule is NC(=O)CCCN(Cc1ccc(Cl)cc1)Cc1ccc(Cl)cc1. The van der Waals surface area contributed by atoms with E-state index < -0.39 is 0 Å². The van der Waals surface area contributed by atoms with Gasteiger partial charge in [-0.3, -0.25) is 9.69 Å². The fraction of sp³-hybridized carbons (Fsp3) is 0.278. The van der Waals surface area contributed by atoms with Gasteiger partial charge in [-0.05, 0) is 48.4 Å². The van der Waals surface area contributed by atoms with Crippen LogP contribution in [0.15, 0.2) is 48.5 Å². The summed E-state index contributed by atoms with van der Waals surface area (Å²) in [7, 11) is 0. The van der Waals surface area contributed by atoms with E-state index in [0.29, 0.717) is 6.42 Å². The first kappa shape index (κ1) is 17.8. The summed E-state index contributed by atoms with van der Waals surface area (Å²) in [6.45, 7) is 2.38. The van der Waals surface area contributed by atoms with Crippen LogP contribution in [0, 0.1) is 0 Å². The van der Waals surface area contributed by atoms with E-state index >= 15 is 0 Å². The number of carbonyl (C=O) groups is 1. The summed E-state index contributed by atoms with van der Waals surface area (Å²) < 4.78 is 0. The second kappa shape index (κ2) is 8.92. The molecule has 122 valence electrons. The summed E-state index contributed by atoms with van der Waals surface area (Å²) in [4.78, 5) is 13.2. The van der Waals surface area contributed by atoms with Crippen molar-refractivity contribution in [1.29, 1.82) is 0 Å². The summed E-state index contributed by atoms with van der Waals surface area (Å²) in [5, 5.41) is 1.46. The molecule has 2 aromatic carbocycles. The minimum atomic E-state index is -0.261. The number of nitrogens with two attached hydrogens (primary N) is 1. The zero-order valence-electron chi connectivity index (χ0n) is 12.8. The highest BCUT2D eigenvalue weighted by atomic mass is 35.5. The Balaban J connectivity index is 2.02. The summed E-state index contributed by atoms with van der Waals surface area (Å²) in [6, 6.07) is 15.6. The fourth-order valence-electron chi connectivity index (χ4n) is 2.39. The lowest BCUT2D eigenvalue weighted by atomic mass is 10.1. The van der Waals surface area contributed by atoms with Gasteiger partial charge in [-0.15, -0.1) is 0 Å². The van der Waals surface area contributed by atoms with Gasteiger partial charge in [0.15, 0.2) is 0 Å². The molecule has 2 aromatic rings. The lowest BCUT2D eigenvalue weighted by molar-refractivity contribution is -0.118. The van der Waals surface area contributed by atoms with E-state index in [2.05, 4.69) is 4.90 Å². The average molecular weight is 351 g/mol. The topological polar surface area (TPSA) is 46.3 Å². The maximum absolute atomic E-state index is 10.9. The Morgan fingerprint density at radius 1 is 0.870 bits per heavy atom. The second-order valence-corrected chi connectivity index (χ2v) is 6.41. The molecule has 2 rings (SSSR count). The smallest absolute Gasteiger partial charge is 0.217 e. The van der Waals surface area contributed by atoms with Gasteiger partial charge in [-0.2, -0.15) is 0 Å². The Hall–Kier alpha value is -1.55. The van der Waals surface area contributed by atoms with Crippen LogP contribution in [0.5, 0.6) is 0 Å². The Kier molecular flexibility index (Phi) is 6.90. The monoisotopic (exact) mass is 350 g/mol. The number of carbonyl (C=O) groups excluding carboxylic acids is 1.